The Labute approximate surface area is 151 Å². The number of halogens is 1. The van der Waals surface area contributed by atoms with Gasteiger partial charge in [-0.2, -0.15) is 0 Å². The zero-order chi connectivity index (χ0) is 17.5. The van der Waals surface area contributed by atoms with Crippen molar-refractivity contribution in [2.24, 2.45) is 12.2 Å². The lowest BCUT2D eigenvalue weighted by atomic mass is 9.87. The van der Waals surface area contributed by atoms with E-state index in [-0.39, 0.29) is 11.5 Å². The van der Waals surface area contributed by atoms with Gasteiger partial charge in [0, 0.05) is 35.8 Å². The summed E-state index contributed by atoms with van der Waals surface area (Å²) in [6.45, 7) is 2.17. The summed E-state index contributed by atoms with van der Waals surface area (Å²) < 4.78 is 2.55. The number of hydrogen-bond acceptors (Lipinski definition) is 3. The first kappa shape index (κ1) is 18.5. The van der Waals surface area contributed by atoms with Crippen molar-refractivity contribution < 1.29 is 5.21 Å². The maximum Gasteiger partial charge on any atom is 0.250 e. The van der Waals surface area contributed by atoms with Gasteiger partial charge in [-0.1, -0.05) is 53.0 Å². The second-order valence-corrected chi connectivity index (χ2v) is 6.92. The van der Waals surface area contributed by atoms with E-state index in [1.54, 1.807) is 19.3 Å². The fraction of sp³-hybridized carbons (Fsp3) is 0.368. The minimum atomic E-state index is -0.0773. The average Bonchev–Trinajstić information content (AvgIpc) is 2.59. The van der Waals surface area contributed by atoms with Gasteiger partial charge in [-0.15, -0.1) is 0 Å². The molecule has 2 rings (SSSR count). The van der Waals surface area contributed by atoms with Crippen LogP contribution < -0.4 is 5.56 Å². The van der Waals surface area contributed by atoms with Crippen LogP contribution in [0.3, 0.4) is 0 Å². The van der Waals surface area contributed by atoms with E-state index in [9.17, 15) is 10.0 Å². The number of unbranched alkanes of at least 4 members (excludes halogenated alkanes) is 1. The molecule has 1 unspecified atom stereocenters. The van der Waals surface area contributed by atoms with Crippen LogP contribution in [0.4, 0.5) is 0 Å². The van der Waals surface area contributed by atoms with Crippen molar-refractivity contribution in [3.63, 3.8) is 0 Å². The van der Waals surface area contributed by atoms with Crippen LogP contribution in [0.1, 0.15) is 49.7 Å². The molecule has 1 atom stereocenters. The third kappa shape index (κ3) is 4.81. The smallest absolute Gasteiger partial charge is 0.250 e. The maximum absolute atomic E-state index is 11.6. The molecule has 1 heterocycles. The fourth-order valence-electron chi connectivity index (χ4n) is 2.79. The molecule has 5 heteroatoms. The Morgan fingerprint density at radius 2 is 1.96 bits per heavy atom. The standard InChI is InChI=1S/C19H23BrN2O2/c1-3-4-5-15(14-6-9-17(20)10-7-14)12-18(21-24)16-8-11-19(23)22(2)13-16/h6-11,13,15,24H,3-5,12H2,1-2H3/b21-18-. The predicted octanol–water partition coefficient (Wildman–Crippen LogP) is 4.69. The van der Waals surface area contributed by atoms with Crippen LogP contribution in [0.2, 0.25) is 0 Å². The van der Waals surface area contributed by atoms with Crippen LogP contribution in [-0.2, 0) is 7.05 Å². The van der Waals surface area contributed by atoms with Gasteiger partial charge in [-0.3, -0.25) is 4.79 Å². The van der Waals surface area contributed by atoms with Gasteiger partial charge in [0.15, 0.2) is 0 Å². The Balaban J connectivity index is 2.27. The van der Waals surface area contributed by atoms with Gasteiger partial charge in [-0.05, 0) is 36.1 Å². The van der Waals surface area contributed by atoms with Gasteiger partial charge < -0.3 is 9.77 Å². The Hall–Kier alpha value is -1.88. The molecule has 0 amide bonds. The summed E-state index contributed by atoms with van der Waals surface area (Å²) >= 11 is 3.47. The van der Waals surface area contributed by atoms with Crippen LogP contribution in [0, 0.1) is 0 Å². The minimum absolute atomic E-state index is 0.0773. The molecule has 1 N–H and O–H groups in total. The number of hydrogen-bond donors (Lipinski definition) is 1. The molecule has 1 aromatic carbocycles. The Kier molecular flexibility index (Phi) is 6.79. The lowest BCUT2D eigenvalue weighted by Crippen LogP contribution is -2.18. The minimum Gasteiger partial charge on any atom is -0.411 e. The molecule has 4 nitrogen and oxygen atoms in total. The van der Waals surface area contributed by atoms with E-state index in [1.807, 2.05) is 12.1 Å². The van der Waals surface area contributed by atoms with Gasteiger partial charge in [0.05, 0.1) is 5.71 Å². The van der Waals surface area contributed by atoms with Crippen molar-refractivity contribution in [3.05, 3.63) is 68.5 Å². The second kappa shape index (κ2) is 8.83. The molecule has 0 aliphatic heterocycles. The summed E-state index contributed by atoms with van der Waals surface area (Å²) in [7, 11) is 1.70. The van der Waals surface area contributed by atoms with E-state index in [4.69, 9.17) is 0 Å². The van der Waals surface area contributed by atoms with Gasteiger partial charge >= 0.3 is 0 Å². The van der Waals surface area contributed by atoms with Crippen LogP contribution in [0.15, 0.2) is 57.0 Å². The van der Waals surface area contributed by atoms with Crippen LogP contribution in [-0.4, -0.2) is 15.5 Å². The van der Waals surface area contributed by atoms with Crippen molar-refractivity contribution in [3.8, 4) is 0 Å². The lowest BCUT2D eigenvalue weighted by Gasteiger charge is -2.18. The van der Waals surface area contributed by atoms with E-state index >= 15 is 0 Å². The number of aryl methyl sites for hydroxylation is 1. The van der Waals surface area contributed by atoms with Crippen LogP contribution in [0.25, 0.3) is 0 Å². The number of nitrogens with zero attached hydrogens (tertiary/aromatic N) is 2. The highest BCUT2D eigenvalue weighted by Crippen LogP contribution is 2.28. The van der Waals surface area contributed by atoms with Crippen LogP contribution in [0.5, 0.6) is 0 Å². The van der Waals surface area contributed by atoms with Crippen molar-refractivity contribution in [2.75, 3.05) is 0 Å². The average molecular weight is 391 g/mol. The molecule has 1 aromatic heterocycles. The maximum atomic E-state index is 11.6. The highest BCUT2D eigenvalue weighted by atomic mass is 79.9. The lowest BCUT2D eigenvalue weighted by molar-refractivity contribution is 0.317. The number of pyridine rings is 1. The SMILES string of the molecule is CCCCC(C/C(=N/O)c1ccc(=O)n(C)c1)c1ccc(Br)cc1. The Morgan fingerprint density at radius 3 is 2.54 bits per heavy atom. The highest BCUT2D eigenvalue weighted by molar-refractivity contribution is 9.10. The van der Waals surface area contributed by atoms with Crippen molar-refractivity contribution in [2.45, 2.75) is 38.5 Å². The predicted molar refractivity (Wildman–Crippen MR) is 101 cm³/mol. The molecule has 128 valence electrons. The van der Waals surface area contributed by atoms with Gasteiger partial charge in [0.1, 0.15) is 0 Å². The third-order valence-electron chi connectivity index (χ3n) is 4.23. The van der Waals surface area contributed by atoms with E-state index in [1.165, 1.54) is 16.2 Å². The molecule has 0 radical (unpaired) electrons. The Bertz CT molecular complexity index is 751. The molecular weight excluding hydrogens is 368 g/mol. The van der Waals surface area contributed by atoms with E-state index in [0.29, 0.717) is 12.1 Å². The number of benzene rings is 1. The largest absolute Gasteiger partial charge is 0.411 e. The molecule has 0 fully saturated rings. The van der Waals surface area contributed by atoms with Crippen LogP contribution >= 0.6 is 15.9 Å². The fourth-order valence-corrected chi connectivity index (χ4v) is 3.05. The second-order valence-electron chi connectivity index (χ2n) is 6.01. The molecule has 0 aliphatic rings. The first-order chi connectivity index (χ1) is 11.5. The van der Waals surface area contributed by atoms with Crippen molar-refractivity contribution >= 4 is 21.6 Å². The zero-order valence-electron chi connectivity index (χ0n) is 14.1. The number of aromatic nitrogens is 1. The molecule has 2 aromatic rings. The van der Waals surface area contributed by atoms with Crippen molar-refractivity contribution in [1.82, 2.24) is 4.57 Å². The Morgan fingerprint density at radius 1 is 1.25 bits per heavy atom. The normalized spacial score (nSPS) is 13.0. The summed E-state index contributed by atoms with van der Waals surface area (Å²) in [5, 5.41) is 13.0. The van der Waals surface area contributed by atoms with Gasteiger partial charge in [-0.25, -0.2) is 0 Å². The summed E-state index contributed by atoms with van der Waals surface area (Å²) in [6.07, 6.45) is 5.63. The molecule has 0 aliphatic carbocycles. The third-order valence-corrected chi connectivity index (χ3v) is 4.76. The summed E-state index contributed by atoms with van der Waals surface area (Å²) in [4.78, 5) is 11.6. The number of rotatable bonds is 7. The summed E-state index contributed by atoms with van der Waals surface area (Å²) in [5.41, 5.74) is 2.54. The zero-order valence-corrected chi connectivity index (χ0v) is 15.7. The monoisotopic (exact) mass is 390 g/mol. The quantitative estimate of drug-likeness (QED) is 0.423. The molecule has 0 saturated carbocycles. The molecule has 0 saturated heterocycles. The highest BCUT2D eigenvalue weighted by Gasteiger charge is 2.17. The number of oxime groups is 1. The van der Waals surface area contributed by atoms with E-state index in [0.717, 1.165) is 29.3 Å². The van der Waals surface area contributed by atoms with Crippen molar-refractivity contribution in [1.29, 1.82) is 0 Å². The van der Waals surface area contributed by atoms with Gasteiger partial charge in [0.25, 0.3) is 0 Å². The topological polar surface area (TPSA) is 54.6 Å². The molecule has 0 spiro atoms. The molecule has 24 heavy (non-hydrogen) atoms. The van der Waals surface area contributed by atoms with E-state index < -0.39 is 0 Å². The van der Waals surface area contributed by atoms with E-state index in [2.05, 4.69) is 40.1 Å². The molecule has 0 bridgehead atoms. The molecular formula is C19H23BrN2O2. The summed E-state index contributed by atoms with van der Waals surface area (Å²) in [6, 6.07) is 11.5. The summed E-state index contributed by atoms with van der Waals surface area (Å²) in [5.74, 6) is 0.279. The first-order valence-electron chi connectivity index (χ1n) is 8.18. The first-order valence-corrected chi connectivity index (χ1v) is 8.98. The van der Waals surface area contributed by atoms with Gasteiger partial charge in [0.2, 0.25) is 5.56 Å².